The van der Waals surface area contributed by atoms with E-state index in [1.165, 1.54) is 0 Å². The van der Waals surface area contributed by atoms with Crippen LogP contribution < -0.4 is 14.9 Å². The number of nitrogens with one attached hydrogen (secondary N) is 1. The van der Waals surface area contributed by atoms with E-state index in [1.54, 1.807) is 30.0 Å². The van der Waals surface area contributed by atoms with Crippen LogP contribution in [0, 0.1) is 6.92 Å². The van der Waals surface area contributed by atoms with Crippen molar-refractivity contribution < 1.29 is 14.3 Å². The molecule has 5 rings (SSSR count). The minimum atomic E-state index is -0.753. The lowest BCUT2D eigenvalue weighted by molar-refractivity contribution is -0.127. The van der Waals surface area contributed by atoms with Crippen LogP contribution in [-0.2, 0) is 11.4 Å². The highest BCUT2D eigenvalue weighted by atomic mass is 16.5. The van der Waals surface area contributed by atoms with Crippen molar-refractivity contribution in [3.63, 3.8) is 0 Å². The summed E-state index contributed by atoms with van der Waals surface area (Å²) in [5.74, 6) is 0.913. The van der Waals surface area contributed by atoms with Crippen molar-refractivity contribution in [1.82, 2.24) is 15.2 Å². The number of aromatic nitrogens is 2. The summed E-state index contributed by atoms with van der Waals surface area (Å²) >= 11 is 0. The second kappa shape index (κ2) is 12.6. The molecule has 0 saturated heterocycles. The number of amides is 1. The number of nitrogens with zero attached hydrogens (tertiary/aromatic N) is 3. The predicted molar refractivity (Wildman–Crippen MR) is 157 cm³/mol. The second-order valence-corrected chi connectivity index (χ2v) is 9.32. The van der Waals surface area contributed by atoms with Crippen molar-refractivity contribution in [2.24, 2.45) is 5.10 Å². The number of rotatable bonds is 10. The average molecular weight is 531 g/mol. The molecule has 5 aromatic rings. The van der Waals surface area contributed by atoms with Crippen molar-refractivity contribution in [1.29, 1.82) is 0 Å². The van der Waals surface area contributed by atoms with Gasteiger partial charge in [0.1, 0.15) is 23.8 Å². The van der Waals surface area contributed by atoms with E-state index in [1.807, 2.05) is 110 Å². The molecule has 1 heterocycles. The van der Waals surface area contributed by atoms with Gasteiger partial charge in [-0.15, -0.1) is 0 Å². The zero-order chi connectivity index (χ0) is 27.7. The number of hydrazone groups is 1. The Kier molecular flexibility index (Phi) is 8.32. The first kappa shape index (κ1) is 26.4. The van der Waals surface area contributed by atoms with Crippen molar-refractivity contribution in [2.75, 3.05) is 0 Å². The molecule has 0 radical (unpaired) electrons. The molecule has 1 aromatic heterocycles. The van der Waals surface area contributed by atoms with E-state index in [0.717, 1.165) is 39.4 Å². The van der Waals surface area contributed by atoms with E-state index in [-0.39, 0.29) is 5.91 Å². The van der Waals surface area contributed by atoms with Gasteiger partial charge in [0, 0.05) is 17.3 Å². The molecule has 7 heteroatoms. The van der Waals surface area contributed by atoms with Gasteiger partial charge >= 0.3 is 0 Å². The Labute approximate surface area is 233 Å². The summed E-state index contributed by atoms with van der Waals surface area (Å²) in [6.07, 6.45) is 2.74. The Morgan fingerprint density at radius 3 is 2.25 bits per heavy atom. The maximum Gasteiger partial charge on any atom is 0.280 e. The summed E-state index contributed by atoms with van der Waals surface area (Å²) < 4.78 is 13.4. The molecule has 0 fully saturated rings. The van der Waals surface area contributed by atoms with Crippen molar-refractivity contribution in [2.45, 2.75) is 26.6 Å². The van der Waals surface area contributed by atoms with Crippen LogP contribution in [0.15, 0.2) is 120 Å². The van der Waals surface area contributed by atoms with Gasteiger partial charge in [0.25, 0.3) is 5.91 Å². The second-order valence-electron chi connectivity index (χ2n) is 9.32. The third-order valence-electron chi connectivity index (χ3n) is 6.22. The molecule has 200 valence electrons. The highest BCUT2D eigenvalue weighted by Crippen LogP contribution is 2.23. The van der Waals surface area contributed by atoms with Crippen LogP contribution in [0.2, 0.25) is 0 Å². The topological polar surface area (TPSA) is 77.7 Å². The Morgan fingerprint density at radius 1 is 0.900 bits per heavy atom. The summed E-state index contributed by atoms with van der Waals surface area (Å²) in [6, 6.07) is 35.1. The maximum absolute atomic E-state index is 12.7. The van der Waals surface area contributed by atoms with E-state index in [0.29, 0.717) is 12.4 Å². The molecule has 1 amide bonds. The summed E-state index contributed by atoms with van der Waals surface area (Å²) in [5.41, 5.74) is 8.26. The van der Waals surface area contributed by atoms with Crippen LogP contribution in [0.4, 0.5) is 0 Å². The lowest BCUT2D eigenvalue weighted by Crippen LogP contribution is -2.33. The number of benzene rings is 4. The zero-order valence-electron chi connectivity index (χ0n) is 22.4. The smallest absolute Gasteiger partial charge is 0.280 e. The molecule has 0 spiro atoms. The Morgan fingerprint density at radius 2 is 1.55 bits per heavy atom. The highest BCUT2D eigenvalue weighted by molar-refractivity contribution is 5.90. The zero-order valence-corrected chi connectivity index (χ0v) is 22.4. The molecular weight excluding hydrogens is 500 g/mol. The van der Waals surface area contributed by atoms with E-state index in [2.05, 4.69) is 10.5 Å². The average Bonchev–Trinajstić information content (AvgIpc) is 3.42. The van der Waals surface area contributed by atoms with E-state index >= 15 is 0 Å². The lowest BCUT2D eigenvalue weighted by Gasteiger charge is -2.13. The monoisotopic (exact) mass is 530 g/mol. The first-order chi connectivity index (χ1) is 19.5. The predicted octanol–water partition coefficient (Wildman–Crippen LogP) is 6.34. The minimum Gasteiger partial charge on any atom is -0.489 e. The number of para-hydroxylation sites is 1. The van der Waals surface area contributed by atoms with Crippen molar-refractivity contribution in [3.05, 3.63) is 132 Å². The van der Waals surface area contributed by atoms with Crippen molar-refractivity contribution >= 4 is 12.1 Å². The van der Waals surface area contributed by atoms with Crippen LogP contribution in [0.1, 0.15) is 23.6 Å². The van der Waals surface area contributed by atoms with Crippen LogP contribution in [-0.4, -0.2) is 28.0 Å². The van der Waals surface area contributed by atoms with E-state index in [4.69, 9.17) is 14.6 Å². The highest BCUT2D eigenvalue weighted by Gasteiger charge is 2.15. The molecule has 0 unspecified atom stereocenters. The lowest BCUT2D eigenvalue weighted by atomic mass is 10.1. The maximum atomic E-state index is 12.7. The molecule has 0 aliphatic carbocycles. The van der Waals surface area contributed by atoms with Gasteiger partial charge in [0.15, 0.2) is 6.10 Å². The van der Waals surface area contributed by atoms with Gasteiger partial charge in [-0.1, -0.05) is 78.4 Å². The quantitative estimate of drug-likeness (QED) is 0.169. The summed E-state index contributed by atoms with van der Waals surface area (Å²) in [7, 11) is 0. The van der Waals surface area contributed by atoms with E-state index < -0.39 is 6.10 Å². The summed E-state index contributed by atoms with van der Waals surface area (Å²) in [6.45, 7) is 4.20. The fourth-order valence-electron chi connectivity index (χ4n) is 4.00. The van der Waals surface area contributed by atoms with Crippen LogP contribution >= 0.6 is 0 Å². The molecule has 4 aromatic carbocycles. The third kappa shape index (κ3) is 6.82. The van der Waals surface area contributed by atoms with Crippen molar-refractivity contribution in [3.8, 4) is 28.4 Å². The summed E-state index contributed by atoms with van der Waals surface area (Å²) in [4.78, 5) is 12.7. The fourth-order valence-corrected chi connectivity index (χ4v) is 4.00. The molecule has 40 heavy (non-hydrogen) atoms. The fraction of sp³-hybridized carbons (Fsp3) is 0.121. The Balaban J connectivity index is 1.21. The molecular formula is C33H30N4O3. The first-order valence-electron chi connectivity index (χ1n) is 13.0. The number of carbonyl (C=O) groups excluding carboxylic acids is 1. The molecule has 0 saturated carbocycles. The SMILES string of the molecule is Cc1ccc(-c2nn(-c3ccccc3)cc2/C=N\NC(=O)[C@@H](C)Oc2ccc(OCc3ccccc3)cc2)cc1. The molecule has 1 atom stereocenters. The van der Waals surface area contributed by atoms with Gasteiger partial charge in [-0.25, -0.2) is 10.1 Å². The Bertz CT molecular complexity index is 1560. The number of hydrogen-bond donors (Lipinski definition) is 1. The van der Waals surface area contributed by atoms with Gasteiger partial charge in [0.2, 0.25) is 0 Å². The van der Waals surface area contributed by atoms with Gasteiger partial charge in [0.05, 0.1) is 11.9 Å². The third-order valence-corrected chi connectivity index (χ3v) is 6.22. The van der Waals surface area contributed by atoms with E-state index in [9.17, 15) is 4.79 Å². The molecule has 0 bridgehead atoms. The normalized spacial score (nSPS) is 11.8. The molecule has 0 aliphatic heterocycles. The van der Waals surface area contributed by atoms with Crippen LogP contribution in [0.25, 0.3) is 16.9 Å². The number of hydrogen-bond acceptors (Lipinski definition) is 5. The first-order valence-corrected chi connectivity index (χ1v) is 13.0. The van der Waals surface area contributed by atoms with Gasteiger partial charge in [-0.3, -0.25) is 4.79 Å². The van der Waals surface area contributed by atoms with Crippen LogP contribution in [0.5, 0.6) is 11.5 Å². The molecule has 1 N–H and O–H groups in total. The number of carbonyl (C=O) groups is 1. The molecule has 0 aliphatic rings. The van der Waals surface area contributed by atoms with Gasteiger partial charge in [-0.05, 0) is 55.8 Å². The van der Waals surface area contributed by atoms with Gasteiger partial charge in [-0.2, -0.15) is 10.2 Å². The molecule has 7 nitrogen and oxygen atoms in total. The largest absolute Gasteiger partial charge is 0.489 e. The Hall–Kier alpha value is -5.17. The van der Waals surface area contributed by atoms with Crippen LogP contribution in [0.3, 0.4) is 0 Å². The number of ether oxygens (including phenoxy) is 2. The standard InChI is InChI=1S/C33H30N4O3/c1-24-13-15-27(16-14-24)32-28(22-37(36-32)29-11-7-4-8-12-29)21-34-35-33(38)25(2)40-31-19-17-30(18-20-31)39-23-26-9-5-3-6-10-26/h3-22,25H,23H2,1-2H3,(H,35,38)/b34-21-/t25-/m1/s1. The number of aryl methyl sites for hydroxylation is 1. The minimum absolute atomic E-state index is 0.368. The van der Waals surface area contributed by atoms with Gasteiger partial charge < -0.3 is 9.47 Å². The summed E-state index contributed by atoms with van der Waals surface area (Å²) in [5, 5.41) is 8.99.